The molecule has 0 aromatic carbocycles. The molecule has 0 atom stereocenters. The number of azide groups is 1. The van der Waals surface area contributed by atoms with Crippen LogP contribution in [0, 0.1) is 6.92 Å². The lowest BCUT2D eigenvalue weighted by molar-refractivity contribution is 0.528. The first kappa shape index (κ1) is 5.58. The summed E-state index contributed by atoms with van der Waals surface area (Å²) in [6.07, 6.45) is 0. The molecule has 9 heavy (non-hydrogen) atoms. The van der Waals surface area contributed by atoms with Crippen LogP contribution in [0.3, 0.4) is 0 Å². The molecule has 0 spiro atoms. The summed E-state index contributed by atoms with van der Waals surface area (Å²) < 4.78 is 4.68. The summed E-state index contributed by atoms with van der Waals surface area (Å²) in [6, 6.07) is -0.0463. The lowest BCUT2D eigenvalue weighted by Crippen LogP contribution is -1.66. The first-order chi connectivity index (χ1) is 4.33. The van der Waals surface area contributed by atoms with E-state index in [0.717, 1.165) is 0 Å². The van der Waals surface area contributed by atoms with E-state index >= 15 is 0 Å². The van der Waals surface area contributed by atoms with Crippen molar-refractivity contribution in [2.45, 2.75) is 6.92 Å². The Bertz CT molecular complexity index is 246. The van der Waals surface area contributed by atoms with Crippen LogP contribution in [-0.2, 0) is 0 Å². The number of hydrogen-bond acceptors (Lipinski definition) is 4. The first-order valence-corrected chi connectivity index (χ1v) is 2.18. The fraction of sp³-hybridized carbons (Fsp3) is 0.333. The molecule has 0 radical (unpaired) electrons. The highest BCUT2D eigenvalue weighted by molar-refractivity contribution is 5.03. The molecule has 1 aromatic rings. The molecule has 0 saturated carbocycles. The lowest BCUT2D eigenvalue weighted by atomic mass is 10.8. The third kappa shape index (κ3) is 1.17. The zero-order valence-electron chi connectivity index (χ0n) is 4.64. The monoisotopic (exact) mass is 125 g/mol. The van der Waals surface area contributed by atoms with Crippen molar-refractivity contribution in [2.24, 2.45) is 5.11 Å². The maximum atomic E-state index is 7.86. The van der Waals surface area contributed by atoms with Gasteiger partial charge in [0.05, 0.1) is 0 Å². The van der Waals surface area contributed by atoms with Gasteiger partial charge in [0.25, 0.3) is 0 Å². The van der Waals surface area contributed by atoms with E-state index in [1.165, 1.54) is 0 Å². The molecule has 1 rings (SSSR count). The van der Waals surface area contributed by atoms with Gasteiger partial charge in [-0.25, -0.2) is 0 Å². The van der Waals surface area contributed by atoms with Crippen LogP contribution in [0.5, 0.6) is 0 Å². The normalized spacial score (nSPS) is 8.56. The molecule has 6 nitrogen and oxygen atoms in total. The summed E-state index contributed by atoms with van der Waals surface area (Å²) in [6.45, 7) is 1.61. The average molecular weight is 125 g/mol. The van der Waals surface area contributed by atoms with Gasteiger partial charge in [0.2, 0.25) is 5.89 Å². The molecule has 1 heterocycles. The van der Waals surface area contributed by atoms with Crippen LogP contribution in [0.2, 0.25) is 0 Å². The van der Waals surface area contributed by atoms with Gasteiger partial charge in [0, 0.05) is 16.9 Å². The highest BCUT2D eigenvalue weighted by atomic mass is 16.4. The molecule has 0 aliphatic carbocycles. The van der Waals surface area contributed by atoms with Gasteiger partial charge in [-0.05, 0) is 5.53 Å². The second-order valence-electron chi connectivity index (χ2n) is 1.29. The third-order valence-electron chi connectivity index (χ3n) is 0.646. The topological polar surface area (TPSA) is 87.7 Å². The second-order valence-corrected chi connectivity index (χ2v) is 1.29. The van der Waals surface area contributed by atoms with Crippen LogP contribution in [0.15, 0.2) is 9.53 Å². The average Bonchev–Trinajstić information content (AvgIpc) is 2.17. The molecule has 0 fully saturated rings. The van der Waals surface area contributed by atoms with Gasteiger partial charge < -0.3 is 4.42 Å². The van der Waals surface area contributed by atoms with Gasteiger partial charge in [-0.2, -0.15) is 0 Å². The number of hydrogen-bond donors (Lipinski definition) is 0. The molecule has 46 valence electrons. The van der Waals surface area contributed by atoms with Crippen molar-refractivity contribution in [3.63, 3.8) is 0 Å². The Balaban J connectivity index is 2.97. The standard InChI is InChI=1S/C3H3N5O/c1-2-5-6-3(9-2)7-8-4/h1H3. The van der Waals surface area contributed by atoms with Crippen molar-refractivity contribution in [2.75, 3.05) is 0 Å². The van der Waals surface area contributed by atoms with Crippen LogP contribution in [0.4, 0.5) is 6.01 Å². The summed E-state index contributed by atoms with van der Waals surface area (Å²) in [5.41, 5.74) is 7.86. The number of nitrogens with zero attached hydrogens (tertiary/aromatic N) is 5. The van der Waals surface area contributed by atoms with Crippen molar-refractivity contribution < 1.29 is 4.42 Å². The molecule has 0 aliphatic rings. The van der Waals surface area contributed by atoms with Gasteiger partial charge >= 0.3 is 6.01 Å². The zero-order chi connectivity index (χ0) is 6.69. The molecule has 0 unspecified atom stereocenters. The quantitative estimate of drug-likeness (QED) is 0.322. The summed E-state index contributed by atoms with van der Waals surface area (Å²) in [4.78, 5) is 2.45. The number of aromatic nitrogens is 2. The fourth-order valence-corrected chi connectivity index (χ4v) is 0.365. The van der Waals surface area contributed by atoms with E-state index in [1.807, 2.05) is 0 Å². The Morgan fingerprint density at radius 3 is 2.89 bits per heavy atom. The lowest BCUT2D eigenvalue weighted by Gasteiger charge is -1.71. The summed E-state index contributed by atoms with van der Waals surface area (Å²) >= 11 is 0. The first-order valence-electron chi connectivity index (χ1n) is 2.18. The van der Waals surface area contributed by atoms with E-state index in [2.05, 4.69) is 24.6 Å². The Morgan fingerprint density at radius 2 is 2.44 bits per heavy atom. The van der Waals surface area contributed by atoms with Crippen LogP contribution in [0.25, 0.3) is 10.4 Å². The van der Waals surface area contributed by atoms with Gasteiger partial charge in [-0.1, -0.05) is 0 Å². The van der Waals surface area contributed by atoms with Crippen molar-refractivity contribution in [3.8, 4) is 0 Å². The third-order valence-corrected chi connectivity index (χ3v) is 0.646. The minimum absolute atomic E-state index is 0.0463. The summed E-state index contributed by atoms with van der Waals surface area (Å²) in [5, 5.41) is 9.89. The Kier molecular flexibility index (Phi) is 1.33. The van der Waals surface area contributed by atoms with E-state index in [4.69, 9.17) is 5.53 Å². The van der Waals surface area contributed by atoms with E-state index in [-0.39, 0.29) is 6.01 Å². The minimum Gasteiger partial charge on any atom is -0.420 e. The molecule has 0 N–H and O–H groups in total. The van der Waals surface area contributed by atoms with E-state index < -0.39 is 0 Å². The Labute approximate surface area is 50.1 Å². The van der Waals surface area contributed by atoms with Crippen molar-refractivity contribution in [1.82, 2.24) is 10.2 Å². The zero-order valence-corrected chi connectivity index (χ0v) is 4.64. The molecule has 0 bridgehead atoms. The number of rotatable bonds is 1. The summed E-state index contributed by atoms with van der Waals surface area (Å²) in [7, 11) is 0. The van der Waals surface area contributed by atoms with Crippen molar-refractivity contribution >= 4 is 6.01 Å². The molecular weight excluding hydrogens is 122 g/mol. The highest BCUT2D eigenvalue weighted by Gasteiger charge is 1.94. The maximum Gasteiger partial charge on any atom is 0.304 e. The van der Waals surface area contributed by atoms with E-state index in [1.54, 1.807) is 6.92 Å². The highest BCUT2D eigenvalue weighted by Crippen LogP contribution is 2.06. The van der Waals surface area contributed by atoms with Crippen LogP contribution >= 0.6 is 0 Å². The Hall–Kier alpha value is -1.55. The summed E-state index contributed by atoms with van der Waals surface area (Å²) in [5.74, 6) is 0.386. The van der Waals surface area contributed by atoms with Gasteiger partial charge in [0.15, 0.2) is 0 Å². The minimum atomic E-state index is -0.0463. The van der Waals surface area contributed by atoms with E-state index in [9.17, 15) is 0 Å². The molecule has 0 aliphatic heterocycles. The van der Waals surface area contributed by atoms with Crippen LogP contribution < -0.4 is 0 Å². The fourth-order valence-electron chi connectivity index (χ4n) is 0.365. The molecule has 1 aromatic heterocycles. The second kappa shape index (κ2) is 2.15. The van der Waals surface area contributed by atoms with Gasteiger partial charge in [0.1, 0.15) is 0 Å². The Morgan fingerprint density at radius 1 is 1.67 bits per heavy atom. The van der Waals surface area contributed by atoms with Gasteiger partial charge in [-0.15, -0.1) is 10.2 Å². The molecule has 0 amide bonds. The van der Waals surface area contributed by atoms with Crippen LogP contribution in [0.1, 0.15) is 5.89 Å². The number of aryl methyl sites for hydroxylation is 1. The van der Waals surface area contributed by atoms with Crippen molar-refractivity contribution in [1.29, 1.82) is 0 Å². The van der Waals surface area contributed by atoms with E-state index in [0.29, 0.717) is 5.89 Å². The maximum absolute atomic E-state index is 7.86. The predicted molar refractivity (Wildman–Crippen MR) is 27.8 cm³/mol. The predicted octanol–water partition coefficient (Wildman–Crippen LogP) is 1.32. The largest absolute Gasteiger partial charge is 0.420 e. The van der Waals surface area contributed by atoms with Gasteiger partial charge in [-0.3, -0.25) is 0 Å². The molecular formula is C3H3N5O. The smallest absolute Gasteiger partial charge is 0.304 e. The molecule has 6 heteroatoms. The molecule has 0 saturated heterocycles. The van der Waals surface area contributed by atoms with Crippen molar-refractivity contribution in [3.05, 3.63) is 16.3 Å². The SMILES string of the molecule is Cc1nnc(N=[N+]=[N-])o1. The van der Waals surface area contributed by atoms with Crippen LogP contribution in [-0.4, -0.2) is 10.2 Å².